The molecule has 1 rings (SSSR count). The standard InChI is InChI=1S/C11H20N2O3S/c12-10(15)7-17-6-5-11(16)13-8-3-1-2-4-9(8)14/h8-9,14H,1-7H2,(H2,12,15)(H,13,16)/t8-,9-/m1/s1. The number of thioether (sulfide) groups is 1. The van der Waals surface area contributed by atoms with Crippen LogP contribution in [0.15, 0.2) is 0 Å². The van der Waals surface area contributed by atoms with Gasteiger partial charge in [0.05, 0.1) is 17.9 Å². The monoisotopic (exact) mass is 260 g/mol. The number of carbonyl (C=O) groups is 2. The fourth-order valence-corrected chi connectivity index (χ4v) is 2.57. The van der Waals surface area contributed by atoms with Crippen LogP contribution in [0.3, 0.4) is 0 Å². The van der Waals surface area contributed by atoms with Crippen LogP contribution < -0.4 is 11.1 Å². The molecule has 5 nitrogen and oxygen atoms in total. The van der Waals surface area contributed by atoms with Gasteiger partial charge in [-0.15, -0.1) is 0 Å². The van der Waals surface area contributed by atoms with E-state index in [1.54, 1.807) is 0 Å². The number of hydrogen-bond acceptors (Lipinski definition) is 4. The number of primary amides is 1. The lowest BCUT2D eigenvalue weighted by molar-refractivity contribution is -0.122. The molecular formula is C11H20N2O3S. The Kier molecular flexibility index (Phi) is 6.36. The molecule has 0 radical (unpaired) electrons. The number of nitrogens with one attached hydrogen (secondary N) is 1. The van der Waals surface area contributed by atoms with Crippen molar-refractivity contribution < 1.29 is 14.7 Å². The SMILES string of the molecule is NC(=O)CSCCC(=O)N[C@@H]1CCCC[C@H]1O. The van der Waals surface area contributed by atoms with Gasteiger partial charge in [-0.2, -0.15) is 11.8 Å². The lowest BCUT2D eigenvalue weighted by Gasteiger charge is -2.28. The zero-order valence-electron chi connectivity index (χ0n) is 9.85. The minimum absolute atomic E-state index is 0.0621. The second kappa shape index (κ2) is 7.55. The summed E-state index contributed by atoms with van der Waals surface area (Å²) in [7, 11) is 0. The summed E-state index contributed by atoms with van der Waals surface area (Å²) in [6.07, 6.45) is 3.65. The molecule has 0 unspecified atom stereocenters. The number of amides is 2. The highest BCUT2D eigenvalue weighted by Crippen LogP contribution is 2.18. The van der Waals surface area contributed by atoms with E-state index in [2.05, 4.69) is 5.32 Å². The van der Waals surface area contributed by atoms with Gasteiger partial charge in [0.25, 0.3) is 0 Å². The molecule has 0 aromatic heterocycles. The normalized spacial score (nSPS) is 24.3. The second-order valence-electron chi connectivity index (χ2n) is 4.29. The third kappa shape index (κ3) is 5.93. The zero-order valence-corrected chi connectivity index (χ0v) is 10.7. The molecule has 4 N–H and O–H groups in total. The van der Waals surface area contributed by atoms with E-state index in [0.717, 1.165) is 25.7 Å². The molecule has 0 bridgehead atoms. The maximum atomic E-state index is 11.5. The van der Waals surface area contributed by atoms with Gasteiger partial charge in [-0.05, 0) is 12.8 Å². The molecule has 1 saturated carbocycles. The summed E-state index contributed by atoms with van der Waals surface area (Å²) in [5.41, 5.74) is 4.98. The van der Waals surface area contributed by atoms with Crippen molar-refractivity contribution in [3.8, 4) is 0 Å². The molecule has 1 fully saturated rings. The Bertz CT molecular complexity index is 273. The van der Waals surface area contributed by atoms with Crippen LogP contribution in [0.2, 0.25) is 0 Å². The van der Waals surface area contributed by atoms with Gasteiger partial charge in [-0.1, -0.05) is 12.8 Å². The van der Waals surface area contributed by atoms with Gasteiger partial charge in [0.2, 0.25) is 11.8 Å². The van der Waals surface area contributed by atoms with E-state index in [-0.39, 0.29) is 23.6 Å². The van der Waals surface area contributed by atoms with Crippen LogP contribution in [0.25, 0.3) is 0 Å². The fourth-order valence-electron chi connectivity index (χ4n) is 1.90. The third-order valence-corrected chi connectivity index (χ3v) is 3.78. The predicted octanol–water partition coefficient (Wildman–Crippen LogP) is 0.0147. The molecule has 2 atom stereocenters. The van der Waals surface area contributed by atoms with E-state index in [4.69, 9.17) is 5.73 Å². The average molecular weight is 260 g/mol. The molecular weight excluding hydrogens is 240 g/mol. The van der Waals surface area contributed by atoms with Gasteiger partial charge < -0.3 is 16.2 Å². The topological polar surface area (TPSA) is 92.4 Å². The predicted molar refractivity (Wildman–Crippen MR) is 67.5 cm³/mol. The quantitative estimate of drug-likeness (QED) is 0.587. The van der Waals surface area contributed by atoms with Crippen molar-refractivity contribution in [3.63, 3.8) is 0 Å². The van der Waals surface area contributed by atoms with Crippen molar-refractivity contribution >= 4 is 23.6 Å². The molecule has 0 saturated heterocycles. The minimum Gasteiger partial charge on any atom is -0.391 e. The van der Waals surface area contributed by atoms with Crippen molar-refractivity contribution in [1.82, 2.24) is 5.32 Å². The Morgan fingerprint density at radius 1 is 1.35 bits per heavy atom. The van der Waals surface area contributed by atoms with Gasteiger partial charge in [0, 0.05) is 12.2 Å². The molecule has 6 heteroatoms. The number of nitrogens with two attached hydrogens (primary N) is 1. The fraction of sp³-hybridized carbons (Fsp3) is 0.818. The molecule has 98 valence electrons. The number of aliphatic hydroxyl groups excluding tert-OH is 1. The first kappa shape index (κ1) is 14.3. The van der Waals surface area contributed by atoms with Crippen LogP contribution in [-0.4, -0.2) is 40.6 Å². The highest BCUT2D eigenvalue weighted by molar-refractivity contribution is 7.99. The van der Waals surface area contributed by atoms with E-state index >= 15 is 0 Å². The molecule has 0 aliphatic heterocycles. The largest absolute Gasteiger partial charge is 0.391 e. The first-order valence-electron chi connectivity index (χ1n) is 5.93. The Morgan fingerprint density at radius 3 is 2.71 bits per heavy atom. The molecule has 0 heterocycles. The van der Waals surface area contributed by atoms with Crippen molar-refractivity contribution in [2.45, 2.75) is 44.2 Å². The third-order valence-electron chi connectivity index (χ3n) is 2.79. The second-order valence-corrected chi connectivity index (χ2v) is 5.40. The van der Waals surface area contributed by atoms with Gasteiger partial charge in [0.1, 0.15) is 0 Å². The van der Waals surface area contributed by atoms with Crippen molar-refractivity contribution in [2.24, 2.45) is 5.73 Å². The lowest BCUT2D eigenvalue weighted by atomic mass is 9.92. The van der Waals surface area contributed by atoms with Gasteiger partial charge in [0.15, 0.2) is 0 Å². The number of carbonyl (C=O) groups excluding carboxylic acids is 2. The Morgan fingerprint density at radius 2 is 2.06 bits per heavy atom. The Labute approximate surface area is 106 Å². The maximum absolute atomic E-state index is 11.5. The van der Waals surface area contributed by atoms with Crippen LogP contribution in [0.1, 0.15) is 32.1 Å². The summed E-state index contributed by atoms with van der Waals surface area (Å²) >= 11 is 1.35. The average Bonchev–Trinajstić information content (AvgIpc) is 2.27. The Hall–Kier alpha value is -0.750. The molecule has 17 heavy (non-hydrogen) atoms. The molecule has 0 aromatic carbocycles. The summed E-state index contributed by atoms with van der Waals surface area (Å²) < 4.78 is 0. The number of rotatable bonds is 6. The van der Waals surface area contributed by atoms with Crippen LogP contribution in [0, 0.1) is 0 Å². The first-order valence-corrected chi connectivity index (χ1v) is 7.08. The summed E-state index contributed by atoms with van der Waals surface area (Å²) in [6.45, 7) is 0. The summed E-state index contributed by atoms with van der Waals surface area (Å²) in [4.78, 5) is 22.0. The highest BCUT2D eigenvalue weighted by atomic mass is 32.2. The van der Waals surface area contributed by atoms with Gasteiger partial charge in [-0.3, -0.25) is 9.59 Å². The van der Waals surface area contributed by atoms with Crippen molar-refractivity contribution in [2.75, 3.05) is 11.5 Å². The van der Waals surface area contributed by atoms with Crippen molar-refractivity contribution in [3.05, 3.63) is 0 Å². The summed E-state index contributed by atoms with van der Waals surface area (Å²) in [5, 5.41) is 12.5. The summed E-state index contributed by atoms with van der Waals surface area (Å²) in [5.74, 6) is 0.405. The lowest BCUT2D eigenvalue weighted by Crippen LogP contribution is -2.45. The molecule has 1 aliphatic rings. The van der Waals surface area contributed by atoms with E-state index in [9.17, 15) is 14.7 Å². The van der Waals surface area contributed by atoms with Gasteiger partial charge >= 0.3 is 0 Å². The van der Waals surface area contributed by atoms with E-state index < -0.39 is 6.10 Å². The van der Waals surface area contributed by atoms with E-state index in [1.165, 1.54) is 11.8 Å². The van der Waals surface area contributed by atoms with Crippen molar-refractivity contribution in [1.29, 1.82) is 0 Å². The van der Waals surface area contributed by atoms with Crippen LogP contribution >= 0.6 is 11.8 Å². The van der Waals surface area contributed by atoms with E-state index in [0.29, 0.717) is 12.2 Å². The first-order chi connectivity index (χ1) is 8.09. The molecule has 0 spiro atoms. The maximum Gasteiger partial charge on any atom is 0.227 e. The molecule has 0 aromatic rings. The Balaban J connectivity index is 2.13. The molecule has 1 aliphatic carbocycles. The zero-order chi connectivity index (χ0) is 12.7. The highest BCUT2D eigenvalue weighted by Gasteiger charge is 2.24. The van der Waals surface area contributed by atoms with Gasteiger partial charge in [-0.25, -0.2) is 0 Å². The van der Waals surface area contributed by atoms with Crippen LogP contribution in [-0.2, 0) is 9.59 Å². The molecule has 2 amide bonds. The number of hydrogen-bond donors (Lipinski definition) is 3. The van der Waals surface area contributed by atoms with Crippen LogP contribution in [0.4, 0.5) is 0 Å². The van der Waals surface area contributed by atoms with Crippen LogP contribution in [0.5, 0.6) is 0 Å². The van der Waals surface area contributed by atoms with E-state index in [1.807, 2.05) is 0 Å². The smallest absolute Gasteiger partial charge is 0.227 e. The summed E-state index contributed by atoms with van der Waals surface area (Å²) in [6, 6.07) is -0.0996. The number of aliphatic hydroxyl groups is 1. The minimum atomic E-state index is -0.411.